The van der Waals surface area contributed by atoms with E-state index in [4.69, 9.17) is 0 Å². The molecule has 0 saturated carbocycles. The molecule has 20 heavy (non-hydrogen) atoms. The molecule has 0 aliphatic carbocycles. The Kier molecular flexibility index (Phi) is 7.38. The van der Waals surface area contributed by atoms with Crippen LogP contribution in [0.15, 0.2) is 15.8 Å². The van der Waals surface area contributed by atoms with Gasteiger partial charge in [-0.2, -0.15) is 0 Å². The van der Waals surface area contributed by atoms with Crippen molar-refractivity contribution in [2.45, 2.75) is 26.9 Å². The number of guanidine groups is 1. The molecular weight excluding hydrogens is 405 g/mol. The molecule has 2 aromatic heterocycles. The Hall–Kier alpha value is -0.740. The van der Waals surface area contributed by atoms with Crippen LogP contribution in [0.1, 0.15) is 21.4 Å². The molecule has 5 nitrogen and oxygen atoms in total. The maximum Gasteiger partial charge on any atom is 0.191 e. The fourth-order valence-electron chi connectivity index (χ4n) is 1.51. The molecule has 0 radical (unpaired) electrons. The van der Waals surface area contributed by atoms with Crippen LogP contribution in [-0.2, 0) is 13.1 Å². The number of aromatic nitrogens is 2. The van der Waals surface area contributed by atoms with E-state index >= 15 is 0 Å². The molecule has 0 saturated heterocycles. The third-order valence-electron chi connectivity index (χ3n) is 2.37. The lowest BCUT2D eigenvalue weighted by Crippen LogP contribution is -2.36. The molecule has 0 spiro atoms. The fraction of sp³-hybridized carbons (Fsp3) is 0.417. The average Bonchev–Trinajstić information content (AvgIpc) is 2.99. The molecule has 2 rings (SSSR count). The minimum atomic E-state index is 0. The summed E-state index contributed by atoms with van der Waals surface area (Å²) in [6.45, 7) is 5.37. The number of aryl methyl sites for hydroxylation is 2. The number of aliphatic imine (C=N–C) groups is 1. The largest absolute Gasteiger partial charge is 0.350 e. The first-order chi connectivity index (χ1) is 9.17. The molecule has 0 atom stereocenters. The van der Waals surface area contributed by atoms with Crippen LogP contribution >= 0.6 is 46.7 Å². The Morgan fingerprint density at radius 1 is 1.05 bits per heavy atom. The van der Waals surface area contributed by atoms with Crippen LogP contribution in [-0.4, -0.2) is 23.0 Å². The van der Waals surface area contributed by atoms with Crippen molar-refractivity contribution in [1.29, 1.82) is 0 Å². The average molecular weight is 423 g/mol. The molecule has 0 amide bonds. The standard InChI is InChI=1S/C12H17N5S2.HI/c1-8-6-18-10(16-8)4-14-12(13-3)15-5-11-17-9(2)7-19-11;/h6-7H,4-5H2,1-3H3,(H2,13,14,15);1H. The van der Waals surface area contributed by atoms with Gasteiger partial charge in [0, 0.05) is 29.2 Å². The number of nitrogens with one attached hydrogen (secondary N) is 2. The van der Waals surface area contributed by atoms with Gasteiger partial charge in [-0.15, -0.1) is 46.7 Å². The Labute approximate surface area is 144 Å². The van der Waals surface area contributed by atoms with Crippen LogP contribution in [0.3, 0.4) is 0 Å². The lowest BCUT2D eigenvalue weighted by molar-refractivity contribution is 0.798. The predicted molar refractivity (Wildman–Crippen MR) is 96.2 cm³/mol. The molecular formula is C12H18IN5S2. The van der Waals surface area contributed by atoms with Gasteiger partial charge >= 0.3 is 0 Å². The minimum absolute atomic E-state index is 0. The van der Waals surface area contributed by atoms with Crippen LogP contribution in [0.25, 0.3) is 0 Å². The number of rotatable bonds is 4. The number of halogens is 1. The van der Waals surface area contributed by atoms with Crippen molar-refractivity contribution in [1.82, 2.24) is 20.6 Å². The van der Waals surface area contributed by atoms with Crippen LogP contribution in [0.4, 0.5) is 0 Å². The Morgan fingerprint density at radius 3 is 1.80 bits per heavy atom. The second-order valence-electron chi connectivity index (χ2n) is 4.04. The lowest BCUT2D eigenvalue weighted by atomic mass is 10.5. The summed E-state index contributed by atoms with van der Waals surface area (Å²) in [7, 11) is 1.76. The molecule has 8 heteroatoms. The molecule has 2 heterocycles. The monoisotopic (exact) mass is 423 g/mol. The van der Waals surface area contributed by atoms with Crippen LogP contribution < -0.4 is 10.6 Å². The van der Waals surface area contributed by atoms with E-state index in [0.29, 0.717) is 13.1 Å². The van der Waals surface area contributed by atoms with Crippen LogP contribution in [0.2, 0.25) is 0 Å². The van der Waals surface area contributed by atoms with E-state index < -0.39 is 0 Å². The van der Waals surface area contributed by atoms with Gasteiger partial charge in [0.25, 0.3) is 0 Å². The van der Waals surface area contributed by atoms with E-state index in [-0.39, 0.29) is 24.0 Å². The second-order valence-corrected chi connectivity index (χ2v) is 5.93. The van der Waals surface area contributed by atoms with Crippen molar-refractivity contribution >= 4 is 52.6 Å². The number of hydrogen-bond acceptors (Lipinski definition) is 5. The Balaban J connectivity index is 0.00000200. The third-order valence-corrected chi connectivity index (χ3v) is 4.30. The smallest absolute Gasteiger partial charge is 0.191 e. The highest BCUT2D eigenvalue weighted by Crippen LogP contribution is 2.09. The zero-order valence-corrected chi connectivity index (χ0v) is 15.6. The highest BCUT2D eigenvalue weighted by molar-refractivity contribution is 14.0. The van der Waals surface area contributed by atoms with E-state index in [1.807, 2.05) is 24.6 Å². The molecule has 0 aliphatic heterocycles. The highest BCUT2D eigenvalue weighted by atomic mass is 127. The number of nitrogens with zero attached hydrogens (tertiary/aromatic N) is 3. The summed E-state index contributed by atoms with van der Waals surface area (Å²) in [6, 6.07) is 0. The lowest BCUT2D eigenvalue weighted by Gasteiger charge is -2.09. The molecule has 0 bridgehead atoms. The van der Waals surface area contributed by atoms with E-state index in [0.717, 1.165) is 27.4 Å². The first-order valence-electron chi connectivity index (χ1n) is 5.94. The maximum atomic E-state index is 4.40. The summed E-state index contributed by atoms with van der Waals surface area (Å²) in [4.78, 5) is 13.0. The predicted octanol–water partition coefficient (Wildman–Crippen LogP) is 2.70. The SMILES string of the molecule is CN=C(NCc1nc(C)cs1)NCc1nc(C)cs1.I. The van der Waals surface area contributed by atoms with Crippen molar-refractivity contribution in [3.63, 3.8) is 0 Å². The van der Waals surface area contributed by atoms with Crippen molar-refractivity contribution in [2.24, 2.45) is 4.99 Å². The first-order valence-corrected chi connectivity index (χ1v) is 7.70. The van der Waals surface area contributed by atoms with Crippen LogP contribution in [0, 0.1) is 13.8 Å². The van der Waals surface area contributed by atoms with Crippen molar-refractivity contribution in [2.75, 3.05) is 7.05 Å². The molecule has 0 fully saturated rings. The Morgan fingerprint density at radius 2 is 1.50 bits per heavy atom. The molecule has 0 aromatic carbocycles. The number of hydrogen-bond donors (Lipinski definition) is 2. The Bertz CT molecular complexity index is 517. The topological polar surface area (TPSA) is 62.2 Å². The third kappa shape index (κ3) is 5.33. The van der Waals surface area contributed by atoms with Gasteiger partial charge in [-0.1, -0.05) is 0 Å². The summed E-state index contributed by atoms with van der Waals surface area (Å²) < 4.78 is 0. The molecule has 2 N–H and O–H groups in total. The molecule has 110 valence electrons. The van der Waals surface area contributed by atoms with Gasteiger partial charge in [-0.25, -0.2) is 9.97 Å². The summed E-state index contributed by atoms with van der Waals surface area (Å²) in [6.07, 6.45) is 0. The van der Waals surface area contributed by atoms with Gasteiger partial charge in [-0.3, -0.25) is 4.99 Å². The quantitative estimate of drug-likeness (QED) is 0.451. The van der Waals surface area contributed by atoms with E-state index in [1.54, 1.807) is 29.7 Å². The summed E-state index contributed by atoms with van der Waals surface area (Å²) >= 11 is 3.31. The normalized spacial score (nSPS) is 9.75. The maximum absolute atomic E-state index is 4.40. The minimum Gasteiger partial charge on any atom is -0.350 e. The molecule has 0 unspecified atom stereocenters. The van der Waals surface area contributed by atoms with Gasteiger partial charge in [0.05, 0.1) is 13.1 Å². The van der Waals surface area contributed by atoms with Gasteiger partial charge in [0.15, 0.2) is 5.96 Å². The zero-order valence-electron chi connectivity index (χ0n) is 11.6. The van der Waals surface area contributed by atoms with Gasteiger partial charge in [-0.05, 0) is 13.8 Å². The first kappa shape index (κ1) is 17.3. The van der Waals surface area contributed by atoms with Crippen molar-refractivity contribution in [3.05, 3.63) is 32.2 Å². The second kappa shape index (κ2) is 8.53. The zero-order chi connectivity index (χ0) is 13.7. The molecule has 2 aromatic rings. The highest BCUT2D eigenvalue weighted by Gasteiger charge is 2.03. The van der Waals surface area contributed by atoms with Gasteiger partial charge < -0.3 is 10.6 Å². The summed E-state index contributed by atoms with van der Waals surface area (Å²) in [5.41, 5.74) is 2.12. The van der Waals surface area contributed by atoms with Crippen molar-refractivity contribution < 1.29 is 0 Å². The van der Waals surface area contributed by atoms with E-state index in [9.17, 15) is 0 Å². The van der Waals surface area contributed by atoms with Crippen LogP contribution in [0.5, 0.6) is 0 Å². The number of thiazole rings is 2. The van der Waals surface area contributed by atoms with Gasteiger partial charge in [0.1, 0.15) is 10.0 Å². The fourth-order valence-corrected chi connectivity index (χ4v) is 2.93. The van der Waals surface area contributed by atoms with E-state index in [2.05, 4.69) is 25.6 Å². The van der Waals surface area contributed by atoms with E-state index in [1.165, 1.54) is 0 Å². The summed E-state index contributed by atoms with van der Waals surface area (Å²) in [5, 5.41) is 12.7. The summed E-state index contributed by atoms with van der Waals surface area (Å²) in [5.74, 6) is 0.765. The van der Waals surface area contributed by atoms with Crippen molar-refractivity contribution in [3.8, 4) is 0 Å². The molecule has 0 aliphatic rings. The van der Waals surface area contributed by atoms with Gasteiger partial charge in [0.2, 0.25) is 0 Å².